The molecule has 0 bridgehead atoms. The van der Waals surface area contributed by atoms with E-state index in [1.165, 1.54) is 4.90 Å². The highest BCUT2D eigenvalue weighted by Gasteiger charge is 2.15. The van der Waals surface area contributed by atoms with E-state index in [9.17, 15) is 4.79 Å². The molecule has 1 fully saturated rings. The van der Waals surface area contributed by atoms with Crippen LogP contribution in [0.4, 0.5) is 0 Å². The fourth-order valence-electron chi connectivity index (χ4n) is 2.06. The molecular formula is C15H25IN4O3. The van der Waals surface area contributed by atoms with Gasteiger partial charge in [0, 0.05) is 27.2 Å². The molecule has 1 aliphatic rings. The summed E-state index contributed by atoms with van der Waals surface area (Å²) in [6, 6.07) is 3.72. The zero-order valence-electron chi connectivity index (χ0n) is 13.6. The molecule has 2 heterocycles. The monoisotopic (exact) mass is 436 g/mol. The van der Waals surface area contributed by atoms with E-state index < -0.39 is 0 Å². The molecule has 1 amide bonds. The van der Waals surface area contributed by atoms with Crippen LogP contribution < -0.4 is 10.6 Å². The molecule has 1 aromatic heterocycles. The molecule has 1 unspecified atom stereocenters. The smallest absolute Gasteiger partial charge is 0.243 e. The number of furan rings is 1. The lowest BCUT2D eigenvalue weighted by atomic mass is 10.2. The summed E-state index contributed by atoms with van der Waals surface area (Å²) in [7, 11) is 3.43. The number of hydrogen-bond donors (Lipinski definition) is 2. The molecule has 8 heteroatoms. The van der Waals surface area contributed by atoms with Gasteiger partial charge in [-0.3, -0.25) is 4.79 Å². The third-order valence-corrected chi connectivity index (χ3v) is 3.40. The summed E-state index contributed by atoms with van der Waals surface area (Å²) in [6.07, 6.45) is 3.98. The second kappa shape index (κ2) is 10.5. The van der Waals surface area contributed by atoms with Crippen molar-refractivity contribution in [3.05, 3.63) is 24.2 Å². The average molecular weight is 436 g/mol. The minimum Gasteiger partial charge on any atom is -0.467 e. The molecule has 1 saturated heterocycles. The summed E-state index contributed by atoms with van der Waals surface area (Å²) in [4.78, 5) is 17.5. The van der Waals surface area contributed by atoms with Gasteiger partial charge in [0.05, 0.1) is 18.9 Å². The number of carbonyl (C=O) groups is 1. The van der Waals surface area contributed by atoms with Crippen LogP contribution in [0.15, 0.2) is 27.8 Å². The minimum atomic E-state index is -0.0452. The molecule has 0 radical (unpaired) electrons. The van der Waals surface area contributed by atoms with Crippen molar-refractivity contribution in [1.82, 2.24) is 15.5 Å². The van der Waals surface area contributed by atoms with Crippen molar-refractivity contribution < 1.29 is 13.9 Å². The van der Waals surface area contributed by atoms with Crippen LogP contribution in [-0.4, -0.2) is 56.7 Å². The Balaban J connectivity index is 0.00000264. The van der Waals surface area contributed by atoms with Gasteiger partial charge in [-0.25, -0.2) is 4.99 Å². The predicted molar refractivity (Wildman–Crippen MR) is 98.9 cm³/mol. The lowest BCUT2D eigenvalue weighted by Gasteiger charge is -2.15. The SMILES string of the molecule is CN(C)C(=O)CN=C(NCc1ccco1)NCC1CCCO1.I. The van der Waals surface area contributed by atoms with Crippen molar-refractivity contribution in [3.8, 4) is 0 Å². The van der Waals surface area contributed by atoms with Gasteiger partial charge in [-0.05, 0) is 25.0 Å². The summed E-state index contributed by atoms with van der Waals surface area (Å²) >= 11 is 0. The van der Waals surface area contributed by atoms with Gasteiger partial charge in [0.25, 0.3) is 0 Å². The molecule has 2 N–H and O–H groups in total. The van der Waals surface area contributed by atoms with Gasteiger partial charge in [-0.15, -0.1) is 24.0 Å². The molecule has 2 rings (SSSR count). The van der Waals surface area contributed by atoms with Crippen molar-refractivity contribution in [2.24, 2.45) is 4.99 Å². The quantitative estimate of drug-likeness (QED) is 0.398. The van der Waals surface area contributed by atoms with E-state index in [1.54, 1.807) is 20.4 Å². The fraction of sp³-hybridized carbons (Fsp3) is 0.600. The Morgan fingerprint density at radius 3 is 2.87 bits per heavy atom. The first kappa shape index (κ1) is 19.8. The largest absolute Gasteiger partial charge is 0.467 e. The predicted octanol–water partition coefficient (Wildman–Crippen LogP) is 1.20. The Bertz CT molecular complexity index is 485. The first-order valence-corrected chi connectivity index (χ1v) is 7.51. The molecule has 1 aromatic rings. The molecule has 23 heavy (non-hydrogen) atoms. The Morgan fingerprint density at radius 1 is 1.43 bits per heavy atom. The van der Waals surface area contributed by atoms with E-state index >= 15 is 0 Å². The van der Waals surface area contributed by atoms with Gasteiger partial charge in [-0.1, -0.05) is 0 Å². The molecule has 0 aliphatic carbocycles. The lowest BCUT2D eigenvalue weighted by molar-refractivity contribution is -0.127. The van der Waals surface area contributed by atoms with Gasteiger partial charge in [-0.2, -0.15) is 0 Å². The molecule has 1 atom stereocenters. The van der Waals surface area contributed by atoms with Gasteiger partial charge in [0.15, 0.2) is 5.96 Å². The van der Waals surface area contributed by atoms with Crippen molar-refractivity contribution in [2.45, 2.75) is 25.5 Å². The topological polar surface area (TPSA) is 79.1 Å². The van der Waals surface area contributed by atoms with Crippen LogP contribution in [-0.2, 0) is 16.1 Å². The van der Waals surface area contributed by atoms with E-state index in [1.807, 2.05) is 12.1 Å². The molecule has 0 spiro atoms. The third kappa shape index (κ3) is 7.21. The van der Waals surface area contributed by atoms with E-state index in [4.69, 9.17) is 9.15 Å². The highest BCUT2D eigenvalue weighted by molar-refractivity contribution is 14.0. The van der Waals surface area contributed by atoms with Gasteiger partial charge < -0.3 is 24.7 Å². The zero-order valence-corrected chi connectivity index (χ0v) is 15.9. The number of nitrogens with one attached hydrogen (secondary N) is 2. The number of rotatable bonds is 6. The number of amides is 1. The zero-order chi connectivity index (χ0) is 15.8. The number of hydrogen-bond acceptors (Lipinski definition) is 4. The van der Waals surface area contributed by atoms with Gasteiger partial charge in [0.2, 0.25) is 5.91 Å². The summed E-state index contributed by atoms with van der Waals surface area (Å²) in [5.41, 5.74) is 0. The summed E-state index contributed by atoms with van der Waals surface area (Å²) in [6.45, 7) is 2.12. The highest BCUT2D eigenvalue weighted by atomic mass is 127. The van der Waals surface area contributed by atoms with Crippen molar-refractivity contribution in [3.63, 3.8) is 0 Å². The average Bonchev–Trinajstić information content (AvgIpc) is 3.19. The number of ether oxygens (including phenoxy) is 1. The second-order valence-electron chi connectivity index (χ2n) is 5.40. The summed E-state index contributed by atoms with van der Waals surface area (Å²) in [5, 5.41) is 6.38. The van der Waals surface area contributed by atoms with Gasteiger partial charge >= 0.3 is 0 Å². The Labute approximate surface area is 153 Å². The first-order valence-electron chi connectivity index (χ1n) is 7.51. The molecule has 0 saturated carbocycles. The van der Waals surface area contributed by atoms with Crippen molar-refractivity contribution in [1.29, 1.82) is 0 Å². The van der Waals surface area contributed by atoms with E-state index in [-0.39, 0.29) is 42.5 Å². The number of likely N-dealkylation sites (N-methyl/N-ethyl adjacent to an activating group) is 1. The van der Waals surface area contributed by atoms with E-state index in [0.29, 0.717) is 19.0 Å². The van der Waals surface area contributed by atoms with Crippen LogP contribution in [0.25, 0.3) is 0 Å². The Hall–Kier alpha value is -1.29. The number of carbonyl (C=O) groups excluding carboxylic acids is 1. The number of halogens is 1. The lowest BCUT2D eigenvalue weighted by Crippen LogP contribution is -2.41. The van der Waals surface area contributed by atoms with Crippen molar-refractivity contribution >= 4 is 35.8 Å². The first-order chi connectivity index (χ1) is 10.6. The standard InChI is InChI=1S/C15H24N4O3.HI/c1-19(2)14(20)11-18-15(16-9-12-5-3-7-21-12)17-10-13-6-4-8-22-13;/h3,5,7,13H,4,6,8-11H2,1-2H3,(H2,16,17,18);1H. The molecule has 0 aromatic carbocycles. The molecule has 7 nitrogen and oxygen atoms in total. The van der Waals surface area contributed by atoms with Crippen molar-refractivity contribution in [2.75, 3.05) is 33.8 Å². The van der Waals surface area contributed by atoms with Crippen LogP contribution in [0, 0.1) is 0 Å². The number of aliphatic imine (C=N–C) groups is 1. The maximum Gasteiger partial charge on any atom is 0.243 e. The number of guanidine groups is 1. The van der Waals surface area contributed by atoms with Crippen LogP contribution in [0.5, 0.6) is 0 Å². The molecule has 130 valence electrons. The molecule has 1 aliphatic heterocycles. The van der Waals surface area contributed by atoms with Crippen LogP contribution >= 0.6 is 24.0 Å². The van der Waals surface area contributed by atoms with E-state index in [0.717, 1.165) is 25.2 Å². The minimum absolute atomic E-state index is 0. The molecular weight excluding hydrogens is 411 g/mol. The van der Waals surface area contributed by atoms with Crippen LogP contribution in [0.2, 0.25) is 0 Å². The van der Waals surface area contributed by atoms with Gasteiger partial charge in [0.1, 0.15) is 12.3 Å². The van der Waals surface area contributed by atoms with E-state index in [2.05, 4.69) is 15.6 Å². The van der Waals surface area contributed by atoms with Crippen LogP contribution in [0.3, 0.4) is 0 Å². The van der Waals surface area contributed by atoms with Crippen LogP contribution in [0.1, 0.15) is 18.6 Å². The summed E-state index contributed by atoms with van der Waals surface area (Å²) in [5.74, 6) is 1.35. The number of nitrogens with zero attached hydrogens (tertiary/aromatic N) is 2. The maximum absolute atomic E-state index is 11.7. The summed E-state index contributed by atoms with van der Waals surface area (Å²) < 4.78 is 10.9. The Kier molecular flexibility index (Phi) is 9.00. The highest BCUT2D eigenvalue weighted by Crippen LogP contribution is 2.10. The second-order valence-corrected chi connectivity index (χ2v) is 5.40. The maximum atomic E-state index is 11.7. The normalized spacial score (nSPS) is 17.5. The third-order valence-electron chi connectivity index (χ3n) is 3.40. The fourth-order valence-corrected chi connectivity index (χ4v) is 2.06. The Morgan fingerprint density at radius 2 is 2.26 bits per heavy atom.